The first kappa shape index (κ1) is 15.3. The highest BCUT2D eigenvalue weighted by Crippen LogP contribution is 2.33. The number of rotatable bonds is 4. The lowest BCUT2D eigenvalue weighted by atomic mass is 10.1. The summed E-state index contributed by atoms with van der Waals surface area (Å²) in [6.45, 7) is 0. The van der Waals surface area contributed by atoms with E-state index in [0.717, 1.165) is 11.1 Å². The van der Waals surface area contributed by atoms with Crippen molar-refractivity contribution in [3.8, 4) is 22.6 Å². The summed E-state index contributed by atoms with van der Waals surface area (Å²) in [5, 5.41) is 0. The third-order valence-corrected chi connectivity index (χ3v) is 4.19. The number of hydrogen-bond acceptors (Lipinski definition) is 3. The lowest BCUT2D eigenvalue weighted by Gasteiger charge is -2.11. The molecule has 0 bridgehead atoms. The lowest BCUT2D eigenvalue weighted by Crippen LogP contribution is -1.97. The summed E-state index contributed by atoms with van der Waals surface area (Å²) in [7, 11) is -4.20. The largest absolute Gasteiger partial charge is 0.457 e. The normalized spacial score (nSPS) is 11.2. The Morgan fingerprint density at radius 2 is 1.35 bits per heavy atom. The first-order chi connectivity index (χ1) is 11.0. The molecule has 23 heavy (non-hydrogen) atoms. The minimum absolute atomic E-state index is 0.166. The topological polar surface area (TPSA) is 63.6 Å². The van der Waals surface area contributed by atoms with E-state index in [1.807, 2.05) is 54.6 Å². The van der Waals surface area contributed by atoms with Crippen LogP contribution in [0.25, 0.3) is 11.1 Å². The van der Waals surface area contributed by atoms with E-state index in [2.05, 4.69) is 0 Å². The summed E-state index contributed by atoms with van der Waals surface area (Å²) in [4.78, 5) is -0.166. The minimum Gasteiger partial charge on any atom is -0.457 e. The Morgan fingerprint density at radius 3 is 2.00 bits per heavy atom. The van der Waals surface area contributed by atoms with Crippen LogP contribution >= 0.6 is 0 Å². The van der Waals surface area contributed by atoms with Gasteiger partial charge < -0.3 is 4.74 Å². The maximum absolute atomic E-state index is 11.1. The molecule has 0 fully saturated rings. The van der Waals surface area contributed by atoms with Gasteiger partial charge >= 0.3 is 0 Å². The number of ether oxygens (including phenoxy) is 1. The van der Waals surface area contributed by atoms with Gasteiger partial charge in [-0.3, -0.25) is 4.55 Å². The van der Waals surface area contributed by atoms with E-state index in [-0.39, 0.29) is 4.90 Å². The smallest absolute Gasteiger partial charge is 0.294 e. The monoisotopic (exact) mass is 326 g/mol. The molecule has 0 heterocycles. The van der Waals surface area contributed by atoms with E-state index in [9.17, 15) is 8.42 Å². The molecule has 0 unspecified atom stereocenters. The summed E-state index contributed by atoms with van der Waals surface area (Å²) >= 11 is 0. The van der Waals surface area contributed by atoms with Crippen molar-refractivity contribution in [2.45, 2.75) is 4.90 Å². The van der Waals surface area contributed by atoms with Gasteiger partial charge in [-0.05, 0) is 35.9 Å². The molecule has 0 saturated heterocycles. The Balaban J connectivity index is 1.92. The molecule has 116 valence electrons. The molecule has 0 aliphatic heterocycles. The number of para-hydroxylation sites is 1. The second-order valence-electron chi connectivity index (χ2n) is 4.91. The molecule has 0 radical (unpaired) electrons. The molecule has 5 heteroatoms. The Morgan fingerprint density at radius 1 is 0.739 bits per heavy atom. The quantitative estimate of drug-likeness (QED) is 0.722. The van der Waals surface area contributed by atoms with Gasteiger partial charge in [0.2, 0.25) is 0 Å². The molecule has 3 aromatic rings. The summed E-state index contributed by atoms with van der Waals surface area (Å²) in [5.74, 6) is 1.15. The second kappa shape index (κ2) is 6.24. The maximum Gasteiger partial charge on any atom is 0.294 e. The van der Waals surface area contributed by atoms with Gasteiger partial charge in [0.05, 0.1) is 4.90 Å². The molecule has 1 N–H and O–H groups in total. The van der Waals surface area contributed by atoms with Gasteiger partial charge in [-0.2, -0.15) is 8.42 Å². The molecule has 3 rings (SSSR count). The van der Waals surface area contributed by atoms with Crippen LogP contribution in [-0.2, 0) is 10.1 Å². The fourth-order valence-corrected chi connectivity index (χ4v) is 2.70. The Bertz CT molecular complexity index is 901. The van der Waals surface area contributed by atoms with Crippen LogP contribution in [0.5, 0.6) is 11.5 Å². The molecule has 3 aromatic carbocycles. The van der Waals surface area contributed by atoms with Crippen LogP contribution in [0, 0.1) is 0 Å². The molecule has 0 aliphatic rings. The summed E-state index contributed by atoms with van der Waals surface area (Å²) in [6, 6.07) is 23.0. The fraction of sp³-hybridized carbons (Fsp3) is 0. The van der Waals surface area contributed by atoms with Crippen molar-refractivity contribution in [2.24, 2.45) is 0 Å². The van der Waals surface area contributed by atoms with Crippen molar-refractivity contribution < 1.29 is 17.7 Å². The summed E-state index contributed by atoms with van der Waals surface area (Å²) in [5.41, 5.74) is 1.96. The molecular formula is C18H14O4S. The van der Waals surface area contributed by atoms with Gasteiger partial charge in [0.25, 0.3) is 10.1 Å². The SMILES string of the molecule is O=S(=O)(O)c1ccc(Oc2ccccc2-c2ccccc2)cc1. The van der Waals surface area contributed by atoms with Crippen molar-refractivity contribution in [1.82, 2.24) is 0 Å². The van der Waals surface area contributed by atoms with Gasteiger partial charge in [-0.25, -0.2) is 0 Å². The van der Waals surface area contributed by atoms with Crippen LogP contribution in [-0.4, -0.2) is 13.0 Å². The number of hydrogen-bond donors (Lipinski definition) is 1. The zero-order chi connectivity index (χ0) is 16.3. The Kier molecular flexibility index (Phi) is 4.14. The summed E-state index contributed by atoms with van der Waals surface area (Å²) in [6.07, 6.45) is 0. The van der Waals surface area contributed by atoms with Crippen LogP contribution in [0.1, 0.15) is 0 Å². The van der Waals surface area contributed by atoms with E-state index < -0.39 is 10.1 Å². The predicted molar refractivity (Wildman–Crippen MR) is 88.2 cm³/mol. The molecule has 0 spiro atoms. The van der Waals surface area contributed by atoms with Gasteiger partial charge in [0, 0.05) is 5.56 Å². The van der Waals surface area contributed by atoms with Crippen LogP contribution in [0.15, 0.2) is 83.8 Å². The maximum atomic E-state index is 11.1. The third kappa shape index (κ3) is 3.59. The van der Waals surface area contributed by atoms with Crippen molar-refractivity contribution in [2.75, 3.05) is 0 Å². The van der Waals surface area contributed by atoms with Gasteiger partial charge in [0.15, 0.2) is 0 Å². The average molecular weight is 326 g/mol. The van der Waals surface area contributed by atoms with E-state index in [1.165, 1.54) is 24.3 Å². The zero-order valence-electron chi connectivity index (χ0n) is 12.1. The molecule has 0 aromatic heterocycles. The predicted octanol–water partition coefficient (Wildman–Crippen LogP) is 4.39. The Labute approximate surface area is 134 Å². The van der Waals surface area contributed by atoms with E-state index in [1.54, 1.807) is 0 Å². The molecule has 4 nitrogen and oxygen atoms in total. The zero-order valence-corrected chi connectivity index (χ0v) is 12.9. The standard InChI is InChI=1S/C18H14O4S/c19-23(20,21)16-12-10-15(11-13-16)22-18-9-5-4-8-17(18)14-6-2-1-3-7-14/h1-13H,(H,19,20,21). The lowest BCUT2D eigenvalue weighted by molar-refractivity contribution is 0.479. The highest BCUT2D eigenvalue weighted by molar-refractivity contribution is 7.85. The van der Waals surface area contributed by atoms with Crippen molar-refractivity contribution in [1.29, 1.82) is 0 Å². The van der Waals surface area contributed by atoms with E-state index in [4.69, 9.17) is 9.29 Å². The highest BCUT2D eigenvalue weighted by Gasteiger charge is 2.10. The molecular weight excluding hydrogens is 312 g/mol. The van der Waals surface area contributed by atoms with Crippen LogP contribution in [0.4, 0.5) is 0 Å². The van der Waals surface area contributed by atoms with Crippen molar-refractivity contribution in [3.05, 3.63) is 78.9 Å². The third-order valence-electron chi connectivity index (χ3n) is 3.32. The van der Waals surface area contributed by atoms with Crippen LogP contribution < -0.4 is 4.74 Å². The molecule has 0 saturated carbocycles. The van der Waals surface area contributed by atoms with E-state index >= 15 is 0 Å². The average Bonchev–Trinajstić information content (AvgIpc) is 2.56. The van der Waals surface area contributed by atoms with Crippen molar-refractivity contribution >= 4 is 10.1 Å². The van der Waals surface area contributed by atoms with Gasteiger partial charge in [-0.1, -0.05) is 48.5 Å². The second-order valence-corrected chi connectivity index (χ2v) is 6.33. The first-order valence-electron chi connectivity index (χ1n) is 6.94. The van der Waals surface area contributed by atoms with Gasteiger partial charge in [0.1, 0.15) is 11.5 Å². The van der Waals surface area contributed by atoms with E-state index in [0.29, 0.717) is 11.5 Å². The van der Waals surface area contributed by atoms with Crippen LogP contribution in [0.2, 0.25) is 0 Å². The van der Waals surface area contributed by atoms with Crippen molar-refractivity contribution in [3.63, 3.8) is 0 Å². The highest BCUT2D eigenvalue weighted by atomic mass is 32.2. The first-order valence-corrected chi connectivity index (χ1v) is 8.38. The molecule has 0 aliphatic carbocycles. The van der Waals surface area contributed by atoms with Gasteiger partial charge in [-0.15, -0.1) is 0 Å². The minimum atomic E-state index is -4.20. The Hall–Kier alpha value is -2.63. The molecule has 0 atom stereocenters. The fourth-order valence-electron chi connectivity index (χ4n) is 2.22. The molecule has 0 amide bonds. The van der Waals surface area contributed by atoms with Crippen LogP contribution in [0.3, 0.4) is 0 Å². The summed E-state index contributed by atoms with van der Waals surface area (Å²) < 4.78 is 37.0. The number of benzene rings is 3.